The van der Waals surface area contributed by atoms with Crippen molar-refractivity contribution < 1.29 is 14.3 Å². The quantitative estimate of drug-likeness (QED) is 0.756. The Morgan fingerprint density at radius 1 is 1.16 bits per heavy atom. The molecule has 2 aliphatic heterocycles. The first kappa shape index (κ1) is 17.9. The van der Waals surface area contributed by atoms with E-state index in [9.17, 15) is 9.59 Å². The van der Waals surface area contributed by atoms with Crippen LogP contribution in [0.4, 0.5) is 5.69 Å². The zero-order valence-electron chi connectivity index (χ0n) is 14.7. The number of morpholine rings is 1. The monoisotopic (exact) mass is 345 g/mol. The summed E-state index contributed by atoms with van der Waals surface area (Å²) in [7, 11) is 0. The van der Waals surface area contributed by atoms with Crippen molar-refractivity contribution in [2.45, 2.75) is 19.3 Å². The molecule has 0 aliphatic carbocycles. The molecule has 2 saturated heterocycles. The fourth-order valence-corrected chi connectivity index (χ4v) is 3.38. The van der Waals surface area contributed by atoms with Crippen LogP contribution in [0.25, 0.3) is 0 Å². The first-order chi connectivity index (χ1) is 12.2. The van der Waals surface area contributed by atoms with Crippen molar-refractivity contribution in [2.24, 2.45) is 5.92 Å². The number of nitrogens with one attached hydrogen (secondary N) is 1. The van der Waals surface area contributed by atoms with Crippen LogP contribution in [0.3, 0.4) is 0 Å². The van der Waals surface area contributed by atoms with Gasteiger partial charge in [-0.05, 0) is 31.5 Å². The van der Waals surface area contributed by atoms with Gasteiger partial charge >= 0.3 is 0 Å². The third-order valence-corrected chi connectivity index (χ3v) is 4.87. The molecule has 0 aromatic heterocycles. The van der Waals surface area contributed by atoms with Gasteiger partial charge in [-0.15, -0.1) is 0 Å². The first-order valence-electron chi connectivity index (χ1n) is 9.17. The van der Waals surface area contributed by atoms with Gasteiger partial charge < -0.3 is 15.0 Å². The van der Waals surface area contributed by atoms with E-state index in [0.29, 0.717) is 19.5 Å². The Morgan fingerprint density at radius 3 is 2.68 bits per heavy atom. The lowest BCUT2D eigenvalue weighted by atomic mass is 10.1. The Morgan fingerprint density at radius 2 is 1.92 bits per heavy atom. The molecule has 1 aromatic carbocycles. The van der Waals surface area contributed by atoms with Gasteiger partial charge in [-0.2, -0.15) is 0 Å². The van der Waals surface area contributed by atoms with E-state index < -0.39 is 0 Å². The van der Waals surface area contributed by atoms with E-state index in [-0.39, 0.29) is 17.7 Å². The number of amides is 2. The molecule has 1 atom stereocenters. The minimum Gasteiger partial charge on any atom is -0.379 e. The molecule has 0 bridgehead atoms. The standard InChI is InChI=1S/C19H27N3O3/c23-18-14-16(15-22(18)17-6-2-1-3-7-17)19(24)20-8-4-5-9-21-10-12-25-13-11-21/h1-3,6-7,16H,4-5,8-15H2,(H,20,24). The van der Waals surface area contributed by atoms with Gasteiger partial charge in [0, 0.05) is 38.3 Å². The highest BCUT2D eigenvalue weighted by Gasteiger charge is 2.34. The largest absolute Gasteiger partial charge is 0.379 e. The SMILES string of the molecule is O=C(NCCCCN1CCOCC1)C1CC(=O)N(c2ccccc2)C1. The molecule has 1 N–H and O–H groups in total. The second-order valence-electron chi connectivity index (χ2n) is 6.69. The van der Waals surface area contributed by atoms with Gasteiger partial charge in [0.1, 0.15) is 0 Å². The average Bonchev–Trinajstić information content (AvgIpc) is 3.05. The molecule has 0 spiro atoms. The number of nitrogens with zero attached hydrogens (tertiary/aromatic N) is 2. The maximum absolute atomic E-state index is 12.3. The fraction of sp³-hybridized carbons (Fsp3) is 0.579. The Hall–Kier alpha value is -1.92. The van der Waals surface area contributed by atoms with E-state index in [1.165, 1.54) is 0 Å². The fourth-order valence-electron chi connectivity index (χ4n) is 3.38. The van der Waals surface area contributed by atoms with Crippen LogP contribution in [0.2, 0.25) is 0 Å². The van der Waals surface area contributed by atoms with Crippen molar-refractivity contribution in [1.82, 2.24) is 10.2 Å². The van der Waals surface area contributed by atoms with E-state index in [0.717, 1.165) is 51.4 Å². The molecule has 6 nitrogen and oxygen atoms in total. The summed E-state index contributed by atoms with van der Waals surface area (Å²) in [5, 5.41) is 2.99. The van der Waals surface area contributed by atoms with Crippen molar-refractivity contribution in [3.8, 4) is 0 Å². The number of hydrogen-bond acceptors (Lipinski definition) is 4. The smallest absolute Gasteiger partial charge is 0.227 e. The van der Waals surface area contributed by atoms with Gasteiger partial charge in [-0.1, -0.05) is 18.2 Å². The maximum atomic E-state index is 12.3. The number of anilines is 1. The molecule has 2 amide bonds. The molecule has 0 saturated carbocycles. The van der Waals surface area contributed by atoms with Crippen LogP contribution < -0.4 is 10.2 Å². The number of ether oxygens (including phenoxy) is 1. The third-order valence-electron chi connectivity index (χ3n) is 4.87. The molecule has 136 valence electrons. The minimum atomic E-state index is -0.244. The summed E-state index contributed by atoms with van der Waals surface area (Å²) in [4.78, 5) is 28.6. The minimum absolute atomic E-state index is 0.00171. The normalized spacial score (nSPS) is 21.5. The zero-order valence-corrected chi connectivity index (χ0v) is 14.7. The molecule has 6 heteroatoms. The van der Waals surface area contributed by atoms with Crippen molar-refractivity contribution in [2.75, 3.05) is 50.8 Å². The molecular formula is C19H27N3O3. The highest BCUT2D eigenvalue weighted by atomic mass is 16.5. The lowest BCUT2D eigenvalue weighted by molar-refractivity contribution is -0.126. The molecular weight excluding hydrogens is 318 g/mol. The van der Waals surface area contributed by atoms with Gasteiger partial charge in [0.25, 0.3) is 0 Å². The third kappa shape index (κ3) is 5.03. The van der Waals surface area contributed by atoms with Gasteiger partial charge in [-0.3, -0.25) is 14.5 Å². The van der Waals surface area contributed by atoms with Crippen molar-refractivity contribution in [3.63, 3.8) is 0 Å². The predicted molar refractivity (Wildman–Crippen MR) is 96.4 cm³/mol. The predicted octanol–water partition coefficient (Wildman–Crippen LogP) is 1.27. The van der Waals surface area contributed by atoms with Crippen LogP contribution in [-0.4, -0.2) is 62.7 Å². The summed E-state index contributed by atoms with van der Waals surface area (Å²) in [6, 6.07) is 9.55. The van der Waals surface area contributed by atoms with Gasteiger partial charge in [-0.25, -0.2) is 0 Å². The van der Waals surface area contributed by atoms with Crippen LogP contribution in [-0.2, 0) is 14.3 Å². The Bertz CT molecular complexity index is 573. The zero-order chi connectivity index (χ0) is 17.5. The highest BCUT2D eigenvalue weighted by molar-refractivity contribution is 6.00. The number of para-hydroxylation sites is 1. The van der Waals surface area contributed by atoms with E-state index in [4.69, 9.17) is 4.74 Å². The number of carbonyl (C=O) groups is 2. The van der Waals surface area contributed by atoms with Crippen molar-refractivity contribution >= 4 is 17.5 Å². The Labute approximate surface area is 149 Å². The van der Waals surface area contributed by atoms with E-state index >= 15 is 0 Å². The van der Waals surface area contributed by atoms with Gasteiger partial charge in [0.2, 0.25) is 11.8 Å². The number of unbranched alkanes of at least 4 members (excludes halogenated alkanes) is 1. The summed E-state index contributed by atoms with van der Waals surface area (Å²) in [5.74, 6) is -0.219. The molecule has 1 aromatic rings. The molecule has 0 radical (unpaired) electrons. The lowest BCUT2D eigenvalue weighted by Gasteiger charge is -2.26. The average molecular weight is 345 g/mol. The van der Waals surface area contributed by atoms with Crippen LogP contribution in [0.1, 0.15) is 19.3 Å². The number of rotatable bonds is 7. The van der Waals surface area contributed by atoms with Crippen molar-refractivity contribution in [1.29, 1.82) is 0 Å². The molecule has 2 aliphatic rings. The van der Waals surface area contributed by atoms with Crippen LogP contribution in [0, 0.1) is 5.92 Å². The summed E-state index contributed by atoms with van der Waals surface area (Å²) in [6.45, 7) is 5.87. The van der Waals surface area contributed by atoms with Gasteiger partial charge in [0.15, 0.2) is 0 Å². The molecule has 2 fully saturated rings. The number of benzene rings is 1. The first-order valence-corrected chi connectivity index (χ1v) is 9.17. The topological polar surface area (TPSA) is 61.9 Å². The van der Waals surface area contributed by atoms with Gasteiger partial charge in [0.05, 0.1) is 19.1 Å². The lowest BCUT2D eigenvalue weighted by Crippen LogP contribution is -2.37. The summed E-state index contributed by atoms with van der Waals surface area (Å²) in [6.07, 6.45) is 2.33. The molecule has 25 heavy (non-hydrogen) atoms. The number of carbonyl (C=O) groups excluding carboxylic acids is 2. The van der Waals surface area contributed by atoms with Crippen LogP contribution in [0.15, 0.2) is 30.3 Å². The van der Waals surface area contributed by atoms with E-state index in [2.05, 4.69) is 10.2 Å². The van der Waals surface area contributed by atoms with Crippen LogP contribution in [0.5, 0.6) is 0 Å². The highest BCUT2D eigenvalue weighted by Crippen LogP contribution is 2.24. The van der Waals surface area contributed by atoms with E-state index in [1.807, 2.05) is 30.3 Å². The second-order valence-corrected chi connectivity index (χ2v) is 6.69. The summed E-state index contributed by atoms with van der Waals surface area (Å²) >= 11 is 0. The summed E-state index contributed by atoms with van der Waals surface area (Å²) in [5.41, 5.74) is 0.869. The van der Waals surface area contributed by atoms with Crippen molar-refractivity contribution in [3.05, 3.63) is 30.3 Å². The molecule has 1 unspecified atom stereocenters. The van der Waals surface area contributed by atoms with E-state index in [1.54, 1.807) is 4.90 Å². The molecule has 2 heterocycles. The van der Waals surface area contributed by atoms with Crippen LogP contribution >= 0.6 is 0 Å². The maximum Gasteiger partial charge on any atom is 0.227 e. The summed E-state index contributed by atoms with van der Waals surface area (Å²) < 4.78 is 5.33. The Kier molecular flexibility index (Phi) is 6.42. The second kappa shape index (κ2) is 8.97. The number of hydrogen-bond donors (Lipinski definition) is 1. The Balaban J connectivity index is 1.35. The molecule has 3 rings (SSSR count).